The Balaban J connectivity index is 1.87. The van der Waals surface area contributed by atoms with Crippen LogP contribution in [0, 0.1) is 0 Å². The highest BCUT2D eigenvalue weighted by Gasteiger charge is 2.29. The molecule has 0 spiro atoms. The molecule has 3 rings (SSSR count). The van der Waals surface area contributed by atoms with Crippen LogP contribution in [0.2, 0.25) is 10.0 Å². The van der Waals surface area contributed by atoms with E-state index in [1.54, 1.807) is 36.4 Å². The largest absolute Gasteiger partial charge is 0.390 e. The third-order valence-electron chi connectivity index (χ3n) is 4.96. The van der Waals surface area contributed by atoms with Crippen LogP contribution in [0.1, 0.15) is 31.4 Å². The quantitative estimate of drug-likeness (QED) is 0.459. The van der Waals surface area contributed by atoms with E-state index in [9.17, 15) is 22.8 Å². The number of halogens is 5. The summed E-state index contributed by atoms with van der Waals surface area (Å²) in [5.74, 6) is -0.501. The summed E-state index contributed by atoms with van der Waals surface area (Å²) in [6.45, 7) is 0.781. The SMILES string of the molecule is CCC(NC(=O)Cn1nc(-c2ccc(Cl)cc2)n(CCC(F)(F)F)c1=O)c1ccccc1Cl. The standard InChI is InChI=1S/C22H21Cl2F3N4O2/c1-2-18(16-5-3-4-6-17(16)24)28-19(32)13-31-21(33)30(12-11-22(25,26)27)20(29-31)14-7-9-15(23)10-8-14/h3-10,18H,2,11-13H2,1H3,(H,28,32). The highest BCUT2D eigenvalue weighted by atomic mass is 35.5. The first-order valence-electron chi connectivity index (χ1n) is 10.1. The number of amides is 1. The van der Waals surface area contributed by atoms with Crippen molar-refractivity contribution < 1.29 is 18.0 Å². The molecular formula is C22H21Cl2F3N4O2. The second kappa shape index (κ2) is 10.4. The van der Waals surface area contributed by atoms with Gasteiger partial charge in [0.1, 0.15) is 6.54 Å². The van der Waals surface area contributed by atoms with Gasteiger partial charge in [-0.15, -0.1) is 5.10 Å². The van der Waals surface area contributed by atoms with Crippen LogP contribution in [-0.4, -0.2) is 26.4 Å². The van der Waals surface area contributed by atoms with Gasteiger partial charge in [-0.05, 0) is 42.3 Å². The smallest absolute Gasteiger partial charge is 0.348 e. The molecule has 1 amide bonds. The van der Waals surface area contributed by atoms with Crippen LogP contribution in [-0.2, 0) is 17.9 Å². The highest BCUT2D eigenvalue weighted by molar-refractivity contribution is 6.31. The van der Waals surface area contributed by atoms with Crippen molar-refractivity contribution in [1.82, 2.24) is 19.7 Å². The number of aromatic nitrogens is 3. The third kappa shape index (κ3) is 6.39. The van der Waals surface area contributed by atoms with Crippen LogP contribution in [0.3, 0.4) is 0 Å². The Morgan fingerprint density at radius 2 is 1.79 bits per heavy atom. The number of hydrogen-bond donors (Lipinski definition) is 1. The van der Waals surface area contributed by atoms with E-state index in [4.69, 9.17) is 23.2 Å². The summed E-state index contributed by atoms with van der Waals surface area (Å²) in [5, 5.41) is 7.86. The van der Waals surface area contributed by atoms with Crippen molar-refractivity contribution >= 4 is 29.1 Å². The van der Waals surface area contributed by atoms with Crippen molar-refractivity contribution in [2.75, 3.05) is 0 Å². The molecule has 0 fully saturated rings. The zero-order valence-electron chi connectivity index (χ0n) is 17.6. The number of nitrogens with zero attached hydrogens (tertiary/aromatic N) is 3. The number of nitrogens with one attached hydrogen (secondary N) is 1. The fourth-order valence-corrected chi connectivity index (χ4v) is 3.72. The molecule has 1 atom stereocenters. The van der Waals surface area contributed by atoms with Crippen LogP contribution in [0.15, 0.2) is 53.3 Å². The molecule has 2 aromatic carbocycles. The van der Waals surface area contributed by atoms with Crippen LogP contribution in [0.5, 0.6) is 0 Å². The second-order valence-corrected chi connectivity index (χ2v) is 8.18. The summed E-state index contributed by atoms with van der Waals surface area (Å²) in [6.07, 6.45) is -5.13. The first-order chi connectivity index (χ1) is 15.6. The molecule has 1 heterocycles. The third-order valence-corrected chi connectivity index (χ3v) is 5.56. The first kappa shape index (κ1) is 24.9. The van der Waals surface area contributed by atoms with Crippen molar-refractivity contribution in [1.29, 1.82) is 0 Å². The van der Waals surface area contributed by atoms with Crippen LogP contribution in [0.4, 0.5) is 13.2 Å². The molecule has 0 aliphatic carbocycles. The molecule has 1 N–H and O–H groups in total. The molecule has 3 aromatic rings. The number of benzene rings is 2. The summed E-state index contributed by atoms with van der Waals surface area (Å²) in [6, 6.07) is 12.8. The molecule has 0 aliphatic rings. The summed E-state index contributed by atoms with van der Waals surface area (Å²) < 4.78 is 40.2. The summed E-state index contributed by atoms with van der Waals surface area (Å²) in [7, 11) is 0. The second-order valence-electron chi connectivity index (χ2n) is 7.34. The molecular weight excluding hydrogens is 480 g/mol. The van der Waals surface area contributed by atoms with E-state index in [1.165, 1.54) is 12.1 Å². The van der Waals surface area contributed by atoms with E-state index in [2.05, 4.69) is 10.4 Å². The Labute approximate surface area is 197 Å². The lowest BCUT2D eigenvalue weighted by Gasteiger charge is -2.18. The molecule has 0 bridgehead atoms. The average molecular weight is 501 g/mol. The van der Waals surface area contributed by atoms with E-state index in [-0.39, 0.29) is 5.82 Å². The molecule has 1 aromatic heterocycles. The maximum atomic E-state index is 12.8. The first-order valence-corrected chi connectivity index (χ1v) is 10.9. The Kier molecular flexibility index (Phi) is 7.86. The molecule has 33 heavy (non-hydrogen) atoms. The minimum absolute atomic E-state index is 0.0202. The maximum Gasteiger partial charge on any atom is 0.390 e. The Morgan fingerprint density at radius 1 is 1.12 bits per heavy atom. The lowest BCUT2D eigenvalue weighted by Crippen LogP contribution is -2.36. The van der Waals surface area contributed by atoms with E-state index in [1.807, 2.05) is 6.92 Å². The van der Waals surface area contributed by atoms with Crippen molar-refractivity contribution in [3.63, 3.8) is 0 Å². The molecule has 0 radical (unpaired) electrons. The number of alkyl halides is 3. The number of carbonyl (C=O) groups is 1. The Hall–Kier alpha value is -2.78. The maximum absolute atomic E-state index is 12.8. The van der Waals surface area contributed by atoms with Crippen molar-refractivity contribution in [3.8, 4) is 11.4 Å². The van der Waals surface area contributed by atoms with Crippen molar-refractivity contribution in [2.24, 2.45) is 0 Å². The van der Waals surface area contributed by atoms with Crippen molar-refractivity contribution in [3.05, 3.63) is 74.6 Å². The van der Waals surface area contributed by atoms with E-state index in [0.29, 0.717) is 22.0 Å². The number of carbonyl (C=O) groups excluding carboxylic acids is 1. The minimum atomic E-state index is -4.46. The van der Waals surface area contributed by atoms with Gasteiger partial charge in [-0.1, -0.05) is 48.3 Å². The molecule has 0 saturated carbocycles. The van der Waals surface area contributed by atoms with Gasteiger partial charge >= 0.3 is 11.9 Å². The lowest BCUT2D eigenvalue weighted by molar-refractivity contribution is -0.136. The van der Waals surface area contributed by atoms with Gasteiger partial charge < -0.3 is 5.32 Å². The highest BCUT2D eigenvalue weighted by Crippen LogP contribution is 2.25. The zero-order valence-corrected chi connectivity index (χ0v) is 19.1. The molecule has 11 heteroatoms. The normalized spacial score (nSPS) is 12.5. The molecule has 6 nitrogen and oxygen atoms in total. The fourth-order valence-electron chi connectivity index (χ4n) is 3.33. The van der Waals surface area contributed by atoms with Gasteiger partial charge in [-0.3, -0.25) is 9.36 Å². The van der Waals surface area contributed by atoms with E-state index >= 15 is 0 Å². The van der Waals surface area contributed by atoms with Gasteiger partial charge in [0.15, 0.2) is 5.82 Å². The Bertz CT molecular complexity index is 1170. The Morgan fingerprint density at radius 3 is 2.39 bits per heavy atom. The van der Waals surface area contributed by atoms with E-state index in [0.717, 1.165) is 14.8 Å². The van der Waals surface area contributed by atoms with Gasteiger partial charge in [0.05, 0.1) is 12.5 Å². The monoisotopic (exact) mass is 500 g/mol. The van der Waals surface area contributed by atoms with Gasteiger partial charge in [0.2, 0.25) is 5.91 Å². The molecule has 1 unspecified atom stereocenters. The summed E-state index contributed by atoms with van der Waals surface area (Å²) in [4.78, 5) is 25.5. The van der Waals surface area contributed by atoms with Gasteiger partial charge in [-0.25, -0.2) is 9.48 Å². The predicted molar refractivity (Wildman–Crippen MR) is 120 cm³/mol. The zero-order chi connectivity index (χ0) is 24.2. The van der Waals surface area contributed by atoms with Gasteiger partial charge in [0.25, 0.3) is 0 Å². The summed E-state index contributed by atoms with van der Waals surface area (Å²) in [5.41, 5.74) is 0.311. The average Bonchev–Trinajstić information content (AvgIpc) is 3.06. The minimum Gasteiger partial charge on any atom is -0.348 e. The molecule has 0 aliphatic heterocycles. The summed E-state index contributed by atoms with van der Waals surface area (Å²) >= 11 is 12.1. The molecule has 176 valence electrons. The van der Waals surface area contributed by atoms with Crippen LogP contribution < -0.4 is 11.0 Å². The van der Waals surface area contributed by atoms with Gasteiger partial charge in [-0.2, -0.15) is 13.2 Å². The van der Waals surface area contributed by atoms with Crippen LogP contribution >= 0.6 is 23.2 Å². The van der Waals surface area contributed by atoms with Crippen LogP contribution in [0.25, 0.3) is 11.4 Å². The fraction of sp³-hybridized carbons (Fsp3) is 0.318. The van der Waals surface area contributed by atoms with Crippen molar-refractivity contribution in [2.45, 2.75) is 45.1 Å². The molecule has 0 saturated heterocycles. The number of rotatable bonds is 8. The van der Waals surface area contributed by atoms with Gasteiger partial charge in [0, 0.05) is 22.2 Å². The number of hydrogen-bond acceptors (Lipinski definition) is 3. The predicted octanol–water partition coefficient (Wildman–Crippen LogP) is 5.24. The lowest BCUT2D eigenvalue weighted by atomic mass is 10.0. The topological polar surface area (TPSA) is 68.9 Å². The van der Waals surface area contributed by atoms with E-state index < -0.39 is 43.3 Å².